The molecule has 1 aromatic carbocycles. The molecule has 0 bridgehead atoms. The smallest absolute Gasteiger partial charge is 0.237 e. The molecule has 3 N–H and O–H groups in total. The van der Waals surface area contributed by atoms with E-state index >= 15 is 0 Å². The molecule has 0 saturated heterocycles. The van der Waals surface area contributed by atoms with E-state index in [9.17, 15) is 13.6 Å². The summed E-state index contributed by atoms with van der Waals surface area (Å²) in [5, 5.41) is 2.71. The van der Waals surface area contributed by atoms with Crippen molar-refractivity contribution < 1.29 is 18.3 Å². The quantitative estimate of drug-likeness (QED) is 0.851. The molecule has 1 aromatic heterocycles. The van der Waals surface area contributed by atoms with Gasteiger partial charge in [-0.25, -0.2) is 13.8 Å². The standard InChI is InChI=1S/C17H19F2N3O2/c1-10(2)15(20)16(23)22-9-11-4-3-7-21-17(11)24-12-5-6-13(18)14(19)8-12/h3-8,10,15H,9,20H2,1-2H3,(H,22,23)/t15-/m1/s1. The summed E-state index contributed by atoms with van der Waals surface area (Å²) in [4.78, 5) is 16.0. The van der Waals surface area contributed by atoms with Crippen molar-refractivity contribution in [3.8, 4) is 11.6 Å². The molecule has 0 spiro atoms. The van der Waals surface area contributed by atoms with Gasteiger partial charge in [0.1, 0.15) is 5.75 Å². The molecule has 0 aliphatic heterocycles. The van der Waals surface area contributed by atoms with Crippen molar-refractivity contribution in [3.05, 3.63) is 53.7 Å². The largest absolute Gasteiger partial charge is 0.439 e. The zero-order valence-corrected chi connectivity index (χ0v) is 13.4. The second kappa shape index (κ2) is 7.83. The minimum absolute atomic E-state index is 0.0109. The summed E-state index contributed by atoms with van der Waals surface area (Å²) in [6.07, 6.45) is 1.50. The van der Waals surface area contributed by atoms with Gasteiger partial charge in [-0.2, -0.15) is 0 Å². The third-order valence-electron chi connectivity index (χ3n) is 3.43. The van der Waals surface area contributed by atoms with Crippen LogP contribution in [0.4, 0.5) is 8.78 Å². The zero-order valence-electron chi connectivity index (χ0n) is 13.4. The Hall–Kier alpha value is -2.54. The van der Waals surface area contributed by atoms with Crippen LogP contribution in [0.2, 0.25) is 0 Å². The van der Waals surface area contributed by atoms with Gasteiger partial charge < -0.3 is 15.8 Å². The third kappa shape index (κ3) is 4.48. The van der Waals surface area contributed by atoms with E-state index in [1.165, 1.54) is 12.3 Å². The number of rotatable bonds is 6. The van der Waals surface area contributed by atoms with Crippen LogP contribution in [0.1, 0.15) is 19.4 Å². The number of carbonyl (C=O) groups excluding carboxylic acids is 1. The van der Waals surface area contributed by atoms with E-state index in [1.807, 2.05) is 13.8 Å². The van der Waals surface area contributed by atoms with Crippen LogP contribution in [-0.2, 0) is 11.3 Å². The van der Waals surface area contributed by atoms with E-state index in [-0.39, 0.29) is 30.0 Å². The molecule has 0 fully saturated rings. The van der Waals surface area contributed by atoms with Gasteiger partial charge in [-0.1, -0.05) is 19.9 Å². The normalized spacial score (nSPS) is 12.1. The molecule has 0 saturated carbocycles. The van der Waals surface area contributed by atoms with Crippen molar-refractivity contribution in [2.75, 3.05) is 0 Å². The van der Waals surface area contributed by atoms with Crippen molar-refractivity contribution in [2.45, 2.75) is 26.4 Å². The number of pyridine rings is 1. The summed E-state index contributed by atoms with van der Waals surface area (Å²) in [5.41, 5.74) is 6.37. The number of aromatic nitrogens is 1. The van der Waals surface area contributed by atoms with Gasteiger partial charge in [0.05, 0.1) is 6.04 Å². The Morgan fingerprint density at radius 3 is 2.71 bits per heavy atom. The van der Waals surface area contributed by atoms with Crippen LogP contribution >= 0.6 is 0 Å². The van der Waals surface area contributed by atoms with Crippen LogP contribution in [0.5, 0.6) is 11.6 Å². The number of nitrogens with zero attached hydrogens (tertiary/aromatic N) is 1. The van der Waals surface area contributed by atoms with Gasteiger partial charge in [-0.3, -0.25) is 4.79 Å². The molecule has 0 radical (unpaired) electrons. The number of nitrogens with two attached hydrogens (primary N) is 1. The van der Waals surface area contributed by atoms with Gasteiger partial charge >= 0.3 is 0 Å². The summed E-state index contributed by atoms with van der Waals surface area (Å²) in [6, 6.07) is 5.98. The molecular weight excluding hydrogens is 316 g/mol. The first kappa shape index (κ1) is 17.8. The molecule has 0 aliphatic rings. The highest BCUT2D eigenvalue weighted by Gasteiger charge is 2.17. The van der Waals surface area contributed by atoms with Gasteiger partial charge in [0.2, 0.25) is 11.8 Å². The average Bonchev–Trinajstić information content (AvgIpc) is 2.56. The molecular formula is C17H19F2N3O2. The van der Waals surface area contributed by atoms with Crippen LogP contribution < -0.4 is 15.8 Å². The number of benzene rings is 1. The van der Waals surface area contributed by atoms with Crippen LogP contribution in [-0.4, -0.2) is 16.9 Å². The van der Waals surface area contributed by atoms with E-state index in [2.05, 4.69) is 10.3 Å². The fourth-order valence-electron chi connectivity index (χ4n) is 1.91. The molecule has 2 rings (SSSR count). The molecule has 5 nitrogen and oxygen atoms in total. The number of amides is 1. The Labute approximate surface area is 138 Å². The Kier molecular flexibility index (Phi) is 5.81. The fourth-order valence-corrected chi connectivity index (χ4v) is 1.91. The maximum absolute atomic E-state index is 13.3. The van der Waals surface area contributed by atoms with Crippen molar-refractivity contribution in [3.63, 3.8) is 0 Å². The molecule has 7 heteroatoms. The summed E-state index contributed by atoms with van der Waals surface area (Å²) in [6.45, 7) is 3.87. The lowest BCUT2D eigenvalue weighted by atomic mass is 10.1. The topological polar surface area (TPSA) is 77.2 Å². The highest BCUT2D eigenvalue weighted by molar-refractivity contribution is 5.81. The summed E-state index contributed by atoms with van der Waals surface area (Å²) in [5.74, 6) is -1.94. The Bertz CT molecular complexity index is 723. The molecule has 1 heterocycles. The van der Waals surface area contributed by atoms with E-state index in [1.54, 1.807) is 12.1 Å². The number of nitrogens with one attached hydrogen (secondary N) is 1. The number of hydrogen-bond acceptors (Lipinski definition) is 4. The molecule has 24 heavy (non-hydrogen) atoms. The number of hydrogen-bond donors (Lipinski definition) is 2. The first-order chi connectivity index (χ1) is 11.4. The third-order valence-corrected chi connectivity index (χ3v) is 3.43. The van der Waals surface area contributed by atoms with E-state index < -0.39 is 17.7 Å². The van der Waals surface area contributed by atoms with Crippen molar-refractivity contribution in [1.82, 2.24) is 10.3 Å². The van der Waals surface area contributed by atoms with E-state index in [0.717, 1.165) is 12.1 Å². The van der Waals surface area contributed by atoms with Gasteiger partial charge in [0.25, 0.3) is 0 Å². The molecule has 2 aromatic rings. The lowest BCUT2D eigenvalue weighted by Gasteiger charge is -2.16. The Morgan fingerprint density at radius 1 is 1.29 bits per heavy atom. The van der Waals surface area contributed by atoms with Crippen LogP contribution in [0, 0.1) is 17.6 Å². The monoisotopic (exact) mass is 335 g/mol. The number of halogens is 2. The molecule has 1 atom stereocenters. The average molecular weight is 335 g/mol. The second-order valence-corrected chi connectivity index (χ2v) is 5.63. The van der Waals surface area contributed by atoms with Crippen molar-refractivity contribution in [2.24, 2.45) is 11.7 Å². The molecule has 0 aliphatic carbocycles. The minimum atomic E-state index is -1.01. The maximum Gasteiger partial charge on any atom is 0.237 e. The zero-order chi connectivity index (χ0) is 17.7. The first-order valence-corrected chi connectivity index (χ1v) is 7.48. The predicted octanol–water partition coefficient (Wildman–Crippen LogP) is 2.75. The molecule has 128 valence electrons. The van der Waals surface area contributed by atoms with Crippen LogP contribution in [0.15, 0.2) is 36.5 Å². The summed E-state index contributed by atoms with van der Waals surface area (Å²) < 4.78 is 31.7. The molecule has 1 amide bonds. The molecule has 0 unspecified atom stereocenters. The highest BCUT2D eigenvalue weighted by Crippen LogP contribution is 2.24. The van der Waals surface area contributed by atoms with Gasteiger partial charge in [0.15, 0.2) is 11.6 Å². The van der Waals surface area contributed by atoms with Crippen LogP contribution in [0.25, 0.3) is 0 Å². The Morgan fingerprint density at radius 2 is 2.04 bits per heavy atom. The van der Waals surface area contributed by atoms with Crippen molar-refractivity contribution >= 4 is 5.91 Å². The summed E-state index contributed by atoms with van der Waals surface area (Å²) >= 11 is 0. The SMILES string of the molecule is CC(C)[C@@H](N)C(=O)NCc1cccnc1Oc1ccc(F)c(F)c1. The van der Waals surface area contributed by atoms with Crippen LogP contribution in [0.3, 0.4) is 0 Å². The van der Waals surface area contributed by atoms with E-state index in [4.69, 9.17) is 10.5 Å². The predicted molar refractivity (Wildman–Crippen MR) is 85.3 cm³/mol. The first-order valence-electron chi connectivity index (χ1n) is 7.48. The van der Waals surface area contributed by atoms with Crippen molar-refractivity contribution in [1.29, 1.82) is 0 Å². The van der Waals surface area contributed by atoms with Gasteiger partial charge in [0, 0.05) is 24.4 Å². The lowest BCUT2D eigenvalue weighted by molar-refractivity contribution is -0.123. The second-order valence-electron chi connectivity index (χ2n) is 5.63. The maximum atomic E-state index is 13.3. The lowest BCUT2D eigenvalue weighted by Crippen LogP contribution is -2.43. The minimum Gasteiger partial charge on any atom is -0.439 e. The van der Waals surface area contributed by atoms with E-state index in [0.29, 0.717) is 5.56 Å². The fraction of sp³-hybridized carbons (Fsp3) is 0.294. The Balaban J connectivity index is 2.10. The van der Waals surface area contributed by atoms with Gasteiger partial charge in [-0.05, 0) is 24.1 Å². The summed E-state index contributed by atoms with van der Waals surface area (Å²) in [7, 11) is 0. The number of carbonyl (C=O) groups is 1. The van der Waals surface area contributed by atoms with Gasteiger partial charge in [-0.15, -0.1) is 0 Å². The highest BCUT2D eigenvalue weighted by atomic mass is 19.2. The number of ether oxygens (including phenoxy) is 1.